The van der Waals surface area contributed by atoms with Crippen LogP contribution in [0.4, 0.5) is 20.4 Å². The number of piperidine rings is 2. The highest BCUT2D eigenvalue weighted by atomic mass is 19.3. The predicted octanol–water partition coefficient (Wildman–Crippen LogP) is 2.56. The van der Waals surface area contributed by atoms with Crippen molar-refractivity contribution in [2.24, 2.45) is 0 Å². The number of likely N-dealkylation sites (N-methyl/N-ethyl adjacent to an activating group) is 1. The van der Waals surface area contributed by atoms with Gasteiger partial charge in [-0.2, -0.15) is 8.78 Å². The molecule has 0 radical (unpaired) electrons. The van der Waals surface area contributed by atoms with E-state index in [1.54, 1.807) is 18.3 Å². The quantitative estimate of drug-likeness (QED) is 0.664. The summed E-state index contributed by atoms with van der Waals surface area (Å²) in [5.41, 5.74) is 0.623. The highest BCUT2D eigenvalue weighted by Crippen LogP contribution is 2.36. The average molecular weight is 442 g/mol. The molecule has 2 bridgehead atoms. The molecule has 3 saturated heterocycles. The Labute approximate surface area is 183 Å². The lowest BCUT2D eigenvalue weighted by Gasteiger charge is -2.50. The van der Waals surface area contributed by atoms with Crippen molar-refractivity contribution < 1.29 is 13.6 Å². The molecule has 168 valence electrons. The van der Waals surface area contributed by atoms with Crippen LogP contribution < -0.4 is 10.2 Å². The van der Waals surface area contributed by atoms with Crippen LogP contribution in [0.25, 0.3) is 16.7 Å². The SMILES string of the molecule is CC(=O)Nc1cc2c(cn1)c(N1CC3CCC1CN3C)nn2-c1ccnc(C(C)(F)F)n1. The third-order valence-electron chi connectivity index (χ3n) is 6.18. The molecule has 3 fully saturated rings. The maximum absolute atomic E-state index is 13.9. The van der Waals surface area contributed by atoms with Crippen LogP contribution in [0.15, 0.2) is 24.5 Å². The number of halogens is 2. The molecule has 1 amide bonds. The van der Waals surface area contributed by atoms with Crippen LogP contribution in [-0.2, 0) is 10.7 Å². The van der Waals surface area contributed by atoms with Crippen molar-refractivity contribution in [2.75, 3.05) is 30.4 Å². The van der Waals surface area contributed by atoms with E-state index >= 15 is 0 Å². The van der Waals surface area contributed by atoms with Crippen LogP contribution in [0.1, 0.15) is 32.5 Å². The Morgan fingerprint density at radius 3 is 2.66 bits per heavy atom. The summed E-state index contributed by atoms with van der Waals surface area (Å²) in [6.45, 7) is 3.94. The number of rotatable bonds is 4. The fraction of sp³-hybridized carbons (Fsp3) is 0.476. The van der Waals surface area contributed by atoms with E-state index in [1.807, 2.05) is 0 Å². The molecule has 2 unspecified atom stereocenters. The number of anilines is 2. The molecule has 0 aromatic carbocycles. The predicted molar refractivity (Wildman–Crippen MR) is 115 cm³/mol. The number of amides is 1. The number of alkyl halides is 2. The highest BCUT2D eigenvalue weighted by Gasteiger charge is 2.39. The zero-order chi connectivity index (χ0) is 22.6. The Kier molecular flexibility index (Phi) is 4.81. The monoisotopic (exact) mass is 442 g/mol. The van der Waals surface area contributed by atoms with Gasteiger partial charge in [-0.1, -0.05) is 0 Å². The maximum Gasteiger partial charge on any atom is 0.303 e. The molecule has 3 aromatic heterocycles. The first kappa shape index (κ1) is 20.7. The van der Waals surface area contributed by atoms with Gasteiger partial charge in [-0.15, -0.1) is 5.10 Å². The van der Waals surface area contributed by atoms with E-state index < -0.39 is 11.7 Å². The van der Waals surface area contributed by atoms with Gasteiger partial charge in [0.2, 0.25) is 11.7 Å². The normalized spacial score (nSPS) is 21.3. The summed E-state index contributed by atoms with van der Waals surface area (Å²) in [6.07, 6.45) is 5.18. The van der Waals surface area contributed by atoms with Gasteiger partial charge in [-0.05, 0) is 19.9 Å². The molecule has 1 N–H and O–H groups in total. The molecule has 3 aliphatic rings. The number of carbonyl (C=O) groups excluding carboxylic acids is 1. The van der Waals surface area contributed by atoms with Crippen molar-refractivity contribution >= 4 is 28.4 Å². The molecule has 0 aliphatic carbocycles. The molecule has 6 heterocycles. The Morgan fingerprint density at radius 1 is 1.22 bits per heavy atom. The Hall–Kier alpha value is -3.21. The smallest absolute Gasteiger partial charge is 0.303 e. The third kappa shape index (κ3) is 3.56. The first-order valence-corrected chi connectivity index (χ1v) is 10.6. The van der Waals surface area contributed by atoms with Crippen molar-refractivity contribution in [3.63, 3.8) is 0 Å². The lowest BCUT2D eigenvalue weighted by Crippen LogP contribution is -2.61. The summed E-state index contributed by atoms with van der Waals surface area (Å²) >= 11 is 0. The zero-order valence-corrected chi connectivity index (χ0v) is 18.1. The first-order chi connectivity index (χ1) is 15.2. The van der Waals surface area contributed by atoms with Crippen LogP contribution in [0.2, 0.25) is 0 Å². The van der Waals surface area contributed by atoms with E-state index in [1.165, 1.54) is 17.8 Å². The first-order valence-electron chi connectivity index (χ1n) is 10.6. The number of fused-ring (bicyclic) bond motifs is 4. The van der Waals surface area contributed by atoms with Gasteiger partial charge >= 0.3 is 5.92 Å². The molecule has 3 aliphatic heterocycles. The second-order valence-corrected chi connectivity index (χ2v) is 8.61. The van der Waals surface area contributed by atoms with Gasteiger partial charge in [0, 0.05) is 63.5 Å². The van der Waals surface area contributed by atoms with E-state index in [4.69, 9.17) is 5.10 Å². The van der Waals surface area contributed by atoms with E-state index in [9.17, 15) is 13.6 Å². The summed E-state index contributed by atoms with van der Waals surface area (Å²) < 4.78 is 29.3. The molecule has 2 atom stereocenters. The average Bonchev–Trinajstić information content (AvgIpc) is 3.12. The van der Waals surface area contributed by atoms with Crippen LogP contribution in [0.3, 0.4) is 0 Å². The lowest BCUT2D eigenvalue weighted by molar-refractivity contribution is -0.114. The number of hydrogen-bond acceptors (Lipinski definition) is 7. The molecular weight excluding hydrogens is 418 g/mol. The van der Waals surface area contributed by atoms with Gasteiger partial charge in [0.1, 0.15) is 5.82 Å². The fourth-order valence-corrected chi connectivity index (χ4v) is 4.61. The molecule has 3 aromatic rings. The topological polar surface area (TPSA) is 92.1 Å². The Morgan fingerprint density at radius 2 is 2.00 bits per heavy atom. The van der Waals surface area contributed by atoms with Gasteiger partial charge in [0.15, 0.2) is 11.6 Å². The van der Waals surface area contributed by atoms with E-state index in [2.05, 4.69) is 37.1 Å². The molecule has 32 heavy (non-hydrogen) atoms. The van der Waals surface area contributed by atoms with E-state index in [0.29, 0.717) is 23.4 Å². The van der Waals surface area contributed by atoms with Gasteiger partial charge in [0.05, 0.1) is 10.9 Å². The minimum absolute atomic E-state index is 0.229. The lowest BCUT2D eigenvalue weighted by atomic mass is 9.91. The van der Waals surface area contributed by atoms with Crippen molar-refractivity contribution in [1.29, 1.82) is 0 Å². The second kappa shape index (κ2) is 7.44. The minimum atomic E-state index is -3.18. The number of piperazine rings is 1. The third-order valence-corrected chi connectivity index (χ3v) is 6.18. The number of nitrogens with zero attached hydrogens (tertiary/aromatic N) is 7. The van der Waals surface area contributed by atoms with E-state index in [0.717, 1.165) is 44.1 Å². The van der Waals surface area contributed by atoms with Crippen molar-refractivity contribution in [3.8, 4) is 5.82 Å². The van der Waals surface area contributed by atoms with Crippen LogP contribution in [-0.4, -0.2) is 67.8 Å². The molecule has 6 rings (SSSR count). The second-order valence-electron chi connectivity index (χ2n) is 8.61. The number of hydrogen-bond donors (Lipinski definition) is 1. The Bertz CT molecular complexity index is 1190. The van der Waals surface area contributed by atoms with Crippen molar-refractivity contribution in [3.05, 3.63) is 30.4 Å². The minimum Gasteiger partial charge on any atom is -0.349 e. The van der Waals surface area contributed by atoms with Crippen LogP contribution >= 0.6 is 0 Å². The van der Waals surface area contributed by atoms with Crippen molar-refractivity contribution in [1.82, 2.24) is 29.6 Å². The molecule has 11 heteroatoms. The van der Waals surface area contributed by atoms with Gasteiger partial charge in [-0.3, -0.25) is 9.69 Å². The summed E-state index contributed by atoms with van der Waals surface area (Å²) in [5.74, 6) is -2.68. The molecule has 0 spiro atoms. The van der Waals surface area contributed by atoms with Gasteiger partial charge in [-0.25, -0.2) is 19.6 Å². The van der Waals surface area contributed by atoms with Gasteiger partial charge in [0.25, 0.3) is 0 Å². The molecule has 0 saturated carbocycles. The number of aromatic nitrogens is 5. The molecular formula is C21H24F2N8O. The number of carbonyl (C=O) groups is 1. The summed E-state index contributed by atoms with van der Waals surface area (Å²) in [6, 6.07) is 3.98. The fourth-order valence-electron chi connectivity index (χ4n) is 4.61. The zero-order valence-electron chi connectivity index (χ0n) is 18.1. The summed E-state index contributed by atoms with van der Waals surface area (Å²) in [7, 11) is 2.14. The number of pyridine rings is 1. The molecule has 9 nitrogen and oxygen atoms in total. The summed E-state index contributed by atoms with van der Waals surface area (Å²) in [5, 5.41) is 8.25. The van der Waals surface area contributed by atoms with Crippen LogP contribution in [0, 0.1) is 0 Å². The van der Waals surface area contributed by atoms with Crippen LogP contribution in [0.5, 0.6) is 0 Å². The van der Waals surface area contributed by atoms with E-state index in [-0.39, 0.29) is 11.7 Å². The highest BCUT2D eigenvalue weighted by molar-refractivity contribution is 5.95. The maximum atomic E-state index is 13.9. The standard InChI is InChI=1S/C21H24F2N8O/c1-12(32)26-17-8-16-15(9-25-17)19(30-11-13-4-5-14(30)10-29(13)3)28-31(16)18-6-7-24-20(27-18)21(2,22)23/h6-9,13-14H,4-5,10-11H2,1-3H3,(H,25,26,32). The number of nitrogens with one attached hydrogen (secondary N) is 1. The van der Waals surface area contributed by atoms with Crippen molar-refractivity contribution in [2.45, 2.75) is 44.7 Å². The summed E-state index contributed by atoms with van der Waals surface area (Å²) in [4.78, 5) is 28.4. The largest absolute Gasteiger partial charge is 0.349 e. The van der Waals surface area contributed by atoms with Gasteiger partial charge < -0.3 is 10.2 Å². The Balaban J connectivity index is 1.66.